The number of nitrogens with zero attached hydrogens (tertiary/aromatic N) is 1. The van der Waals surface area contributed by atoms with Gasteiger partial charge in [0.15, 0.2) is 0 Å². The number of rotatable bonds is 0. The molecule has 52 valence electrons. The Bertz CT molecular complexity index is 226. The van der Waals surface area contributed by atoms with Gasteiger partial charge in [0.2, 0.25) is 5.78 Å². The molecule has 0 saturated heterocycles. The number of carbonyl (C=O) groups is 1. The van der Waals surface area contributed by atoms with Crippen LogP contribution in [0.2, 0.25) is 0 Å². The molecule has 0 atom stereocenters. The van der Waals surface area contributed by atoms with Gasteiger partial charge < -0.3 is 0 Å². The number of carbonyl (C=O) groups excluding carboxylic acids is 1. The van der Waals surface area contributed by atoms with Gasteiger partial charge in [-0.15, -0.1) is 0 Å². The quantitative estimate of drug-likeness (QED) is 0.341. The zero-order valence-electron chi connectivity index (χ0n) is 5.24. The topological polar surface area (TPSA) is 81.5 Å². The first-order valence-corrected chi connectivity index (χ1v) is 2.72. The maximum atomic E-state index is 10.7. The molecule has 1 heterocycles. The predicted molar refractivity (Wildman–Crippen MR) is 38.0 cm³/mol. The molecule has 1 aliphatic heterocycles. The predicted octanol–water partition coefficient (Wildman–Crippen LogP) is -0.717. The number of fused-ring (bicyclic) bond motifs is 2. The van der Waals surface area contributed by atoms with Gasteiger partial charge in [0.1, 0.15) is 5.71 Å². The van der Waals surface area contributed by atoms with E-state index in [1.54, 1.807) is 18.4 Å². The summed E-state index contributed by atoms with van der Waals surface area (Å²) in [6.45, 7) is 0. The maximum Gasteiger partial charge on any atom is 0.212 e. The summed E-state index contributed by atoms with van der Waals surface area (Å²) in [5, 5.41) is 0. The number of nitrogens with two attached hydrogens (primary N) is 2. The largest absolute Gasteiger partial charge is 0.287 e. The molecule has 1 aliphatic carbocycles. The van der Waals surface area contributed by atoms with Crippen LogP contribution in [-0.2, 0) is 4.79 Å². The van der Waals surface area contributed by atoms with Crippen molar-refractivity contribution in [3.8, 4) is 0 Å². The second-order valence-corrected chi connectivity index (χ2v) is 1.76. The average molecular weight is 137 g/mol. The first kappa shape index (κ1) is 6.85. The zero-order valence-corrected chi connectivity index (χ0v) is 5.24. The Morgan fingerprint density at radius 3 is 2.10 bits per heavy atom. The Hall–Kier alpha value is -1.26. The highest BCUT2D eigenvalue weighted by Crippen LogP contribution is 2.16. The minimum atomic E-state index is 0.0741. The van der Waals surface area contributed by atoms with E-state index < -0.39 is 0 Å². The van der Waals surface area contributed by atoms with E-state index in [0.717, 1.165) is 5.57 Å². The normalized spacial score (nSPS) is 18.0. The average Bonchev–Trinajstić information content (AvgIpc) is 2.53. The van der Waals surface area contributed by atoms with Crippen molar-refractivity contribution in [1.82, 2.24) is 0 Å². The first-order chi connectivity index (χ1) is 4.88. The smallest absolute Gasteiger partial charge is 0.212 e. The lowest BCUT2D eigenvalue weighted by Crippen LogP contribution is -2.02. The molecule has 0 amide bonds. The van der Waals surface area contributed by atoms with Crippen LogP contribution in [0.25, 0.3) is 0 Å². The molecule has 2 aliphatic rings. The molecule has 0 aromatic carbocycles. The van der Waals surface area contributed by atoms with Crippen LogP contribution in [-0.4, -0.2) is 11.5 Å². The highest BCUT2D eigenvalue weighted by atomic mass is 16.1. The molecule has 0 saturated carbocycles. The minimum Gasteiger partial charge on any atom is -0.287 e. The van der Waals surface area contributed by atoms with E-state index in [0.29, 0.717) is 5.71 Å². The van der Waals surface area contributed by atoms with Crippen molar-refractivity contribution >= 4 is 11.5 Å². The summed E-state index contributed by atoms with van der Waals surface area (Å²) >= 11 is 0. The van der Waals surface area contributed by atoms with Crippen LogP contribution in [0.4, 0.5) is 0 Å². The third-order valence-electron chi connectivity index (χ3n) is 1.26. The van der Waals surface area contributed by atoms with Gasteiger partial charge >= 0.3 is 0 Å². The zero-order chi connectivity index (χ0) is 7.56. The summed E-state index contributed by atoms with van der Waals surface area (Å²) in [7, 11) is 0. The summed E-state index contributed by atoms with van der Waals surface area (Å²) < 4.78 is 0. The van der Waals surface area contributed by atoms with E-state index in [9.17, 15) is 4.79 Å². The van der Waals surface area contributed by atoms with E-state index in [1.807, 2.05) is 0 Å². The Morgan fingerprint density at radius 1 is 1.30 bits per heavy atom. The van der Waals surface area contributed by atoms with Crippen LogP contribution in [0, 0.1) is 0 Å². The minimum absolute atomic E-state index is 0.0741. The van der Waals surface area contributed by atoms with Crippen LogP contribution in [0.5, 0.6) is 0 Å². The van der Waals surface area contributed by atoms with Crippen molar-refractivity contribution in [2.24, 2.45) is 16.7 Å². The van der Waals surface area contributed by atoms with Crippen LogP contribution in [0.1, 0.15) is 0 Å². The molecule has 0 aromatic heterocycles. The molecule has 0 radical (unpaired) electrons. The van der Waals surface area contributed by atoms with Gasteiger partial charge in [-0.05, 0) is 12.2 Å². The van der Waals surface area contributed by atoms with Gasteiger partial charge in [-0.25, -0.2) is 0 Å². The maximum absolute atomic E-state index is 10.7. The van der Waals surface area contributed by atoms with Gasteiger partial charge in [0.25, 0.3) is 0 Å². The van der Waals surface area contributed by atoms with Crippen molar-refractivity contribution in [2.45, 2.75) is 0 Å². The highest BCUT2D eigenvalue weighted by Gasteiger charge is 2.22. The molecule has 0 unspecified atom stereocenters. The molecular formula is C6H7N3O. The second-order valence-electron chi connectivity index (χ2n) is 1.76. The fourth-order valence-corrected chi connectivity index (χ4v) is 0.810. The van der Waals surface area contributed by atoms with E-state index in [2.05, 4.69) is 16.7 Å². The van der Waals surface area contributed by atoms with Gasteiger partial charge in [-0.2, -0.15) is 0 Å². The lowest BCUT2D eigenvalue weighted by molar-refractivity contribution is -0.109. The van der Waals surface area contributed by atoms with Crippen LogP contribution in [0.3, 0.4) is 0 Å². The summed E-state index contributed by atoms with van der Waals surface area (Å²) in [6, 6.07) is 0. The van der Waals surface area contributed by atoms with Gasteiger partial charge in [0, 0.05) is 11.8 Å². The van der Waals surface area contributed by atoms with Crippen LogP contribution < -0.4 is 11.7 Å². The van der Waals surface area contributed by atoms with Gasteiger partial charge in [-0.3, -0.25) is 21.5 Å². The molecule has 4 nitrogen and oxygen atoms in total. The fourth-order valence-electron chi connectivity index (χ4n) is 0.810. The molecule has 2 bridgehead atoms. The molecule has 0 aromatic rings. The number of allylic oxidation sites excluding steroid dienone is 3. The second kappa shape index (κ2) is 2.55. The van der Waals surface area contributed by atoms with E-state index >= 15 is 0 Å². The lowest BCUT2D eigenvalue weighted by Gasteiger charge is -1.75. The molecular weight excluding hydrogens is 130 g/mol. The van der Waals surface area contributed by atoms with Crippen LogP contribution in [0.15, 0.2) is 28.9 Å². The first-order valence-electron chi connectivity index (χ1n) is 2.72. The van der Waals surface area contributed by atoms with Crippen molar-refractivity contribution in [1.29, 1.82) is 0 Å². The van der Waals surface area contributed by atoms with Crippen molar-refractivity contribution in [2.75, 3.05) is 0 Å². The summed E-state index contributed by atoms with van der Waals surface area (Å²) in [5.74, 6) is 8.07. The Morgan fingerprint density at radius 2 is 2.00 bits per heavy atom. The number of Topliss-reactive ketones (excluding diaryl/α,β-unsaturated/α-hetero) is 1. The third kappa shape index (κ3) is 0.792. The molecule has 4 N–H and O–H groups in total. The summed E-state index contributed by atoms with van der Waals surface area (Å²) in [4.78, 5) is 14.5. The van der Waals surface area contributed by atoms with Crippen LogP contribution >= 0.6 is 0 Å². The van der Waals surface area contributed by atoms with Gasteiger partial charge in [0.05, 0.1) is 0 Å². The molecule has 4 heteroatoms. The lowest BCUT2D eigenvalue weighted by atomic mass is 10.2. The monoisotopic (exact) mass is 137 g/mol. The SMILES string of the molecule is NN.O=C1C2=CN=C1C=C2. The standard InChI is InChI=1S/C6H3NO.H4N2/c8-6-4-1-2-5(6)7-3-4;1-2/h1-3H;1-2H2. The summed E-state index contributed by atoms with van der Waals surface area (Å²) in [5.41, 5.74) is 1.31. The molecule has 2 rings (SSSR count). The Balaban J connectivity index is 0.000000231. The van der Waals surface area contributed by atoms with Crippen molar-refractivity contribution < 1.29 is 4.79 Å². The third-order valence-corrected chi connectivity index (χ3v) is 1.26. The highest BCUT2D eigenvalue weighted by molar-refractivity contribution is 6.54. The number of hydrogen-bond donors (Lipinski definition) is 2. The summed E-state index contributed by atoms with van der Waals surface area (Å²) in [6.07, 6.45) is 5.11. The number of aliphatic imine (C=N–C) groups is 1. The van der Waals surface area contributed by atoms with E-state index in [4.69, 9.17) is 0 Å². The fraction of sp³-hybridized carbons (Fsp3) is 0. The Kier molecular flexibility index (Phi) is 1.75. The van der Waals surface area contributed by atoms with Gasteiger partial charge in [-0.1, -0.05) is 0 Å². The molecule has 10 heavy (non-hydrogen) atoms. The van der Waals surface area contributed by atoms with E-state index in [1.165, 1.54) is 0 Å². The number of ketones is 1. The number of hydrogen-bond acceptors (Lipinski definition) is 4. The molecule has 0 spiro atoms. The number of hydrazine groups is 1. The van der Waals surface area contributed by atoms with Crippen molar-refractivity contribution in [3.05, 3.63) is 23.9 Å². The van der Waals surface area contributed by atoms with E-state index in [-0.39, 0.29) is 5.78 Å². The van der Waals surface area contributed by atoms with Crippen molar-refractivity contribution in [3.63, 3.8) is 0 Å². The molecule has 0 fully saturated rings. The Labute approximate surface area is 57.9 Å².